The second kappa shape index (κ2) is 9.02. The van der Waals surface area contributed by atoms with E-state index in [1.54, 1.807) is 30.3 Å². The molecule has 1 rings (SSSR count). The van der Waals surface area contributed by atoms with E-state index in [-0.39, 0.29) is 12.5 Å². The molecular weight excluding hydrogens is 310 g/mol. The number of hydrogen-bond donors (Lipinski definition) is 3. The van der Waals surface area contributed by atoms with Gasteiger partial charge in [0.2, 0.25) is 11.8 Å². The Labute approximate surface area is 141 Å². The minimum absolute atomic E-state index is 0.160. The third-order valence-electron chi connectivity index (χ3n) is 3.57. The van der Waals surface area contributed by atoms with Crippen molar-refractivity contribution in [2.75, 3.05) is 11.4 Å². The van der Waals surface area contributed by atoms with Crippen molar-refractivity contribution in [2.45, 2.75) is 39.3 Å². The molecule has 7 heteroatoms. The molecule has 1 aromatic rings. The number of carboxylic acid groups (broad SMARTS) is 1. The molecule has 0 aromatic heterocycles. The van der Waals surface area contributed by atoms with Crippen LogP contribution in [0.25, 0.3) is 0 Å². The average molecular weight is 335 g/mol. The van der Waals surface area contributed by atoms with Crippen molar-refractivity contribution in [3.8, 4) is 0 Å². The van der Waals surface area contributed by atoms with Gasteiger partial charge in [-0.25, -0.2) is 0 Å². The monoisotopic (exact) mass is 335 g/mol. The highest BCUT2D eigenvalue weighted by atomic mass is 16.4. The maximum absolute atomic E-state index is 12.7. The van der Waals surface area contributed by atoms with E-state index in [0.29, 0.717) is 12.1 Å². The first-order chi connectivity index (χ1) is 11.2. The van der Waals surface area contributed by atoms with E-state index in [9.17, 15) is 14.4 Å². The molecule has 1 aromatic carbocycles. The fraction of sp³-hybridized carbons (Fsp3) is 0.471. The van der Waals surface area contributed by atoms with E-state index in [2.05, 4.69) is 5.32 Å². The smallest absolute Gasteiger partial charge is 0.320 e. The van der Waals surface area contributed by atoms with Crippen LogP contribution in [0.1, 0.15) is 27.2 Å². The maximum atomic E-state index is 12.7. The van der Waals surface area contributed by atoms with Crippen LogP contribution in [0.15, 0.2) is 30.3 Å². The largest absolute Gasteiger partial charge is 0.480 e. The Balaban J connectivity index is 3.06. The molecule has 24 heavy (non-hydrogen) atoms. The first-order valence-corrected chi connectivity index (χ1v) is 7.86. The summed E-state index contributed by atoms with van der Waals surface area (Å²) in [6, 6.07) is 7.10. The van der Waals surface area contributed by atoms with Crippen molar-refractivity contribution in [3.63, 3.8) is 0 Å². The van der Waals surface area contributed by atoms with Gasteiger partial charge in [-0.1, -0.05) is 32.0 Å². The SMILES string of the molecule is CC(C)C[C@@H](C(N)=O)N(C(=O)CN[C@H](C)C(=O)O)c1ccccc1. The number of anilines is 1. The number of amides is 2. The van der Waals surface area contributed by atoms with E-state index in [0.717, 1.165) is 0 Å². The first-order valence-electron chi connectivity index (χ1n) is 7.86. The van der Waals surface area contributed by atoms with Crippen LogP contribution in [0.5, 0.6) is 0 Å². The number of hydrogen-bond acceptors (Lipinski definition) is 4. The number of benzene rings is 1. The van der Waals surface area contributed by atoms with Crippen LogP contribution in [0.3, 0.4) is 0 Å². The van der Waals surface area contributed by atoms with Gasteiger partial charge in [-0.05, 0) is 31.4 Å². The van der Waals surface area contributed by atoms with Crippen LogP contribution in [0.2, 0.25) is 0 Å². The lowest BCUT2D eigenvalue weighted by Gasteiger charge is -2.31. The highest BCUT2D eigenvalue weighted by molar-refractivity contribution is 6.01. The molecule has 0 heterocycles. The second-order valence-electron chi connectivity index (χ2n) is 6.09. The number of carboxylic acids is 1. The Morgan fingerprint density at radius 2 is 1.75 bits per heavy atom. The summed E-state index contributed by atoms with van der Waals surface area (Å²) in [5.41, 5.74) is 6.07. The third-order valence-corrected chi connectivity index (χ3v) is 3.57. The summed E-state index contributed by atoms with van der Waals surface area (Å²) in [5, 5.41) is 11.5. The van der Waals surface area contributed by atoms with E-state index in [1.165, 1.54) is 11.8 Å². The number of carbonyl (C=O) groups excluding carboxylic acids is 2. The molecule has 2 atom stereocenters. The molecule has 0 bridgehead atoms. The Kier molecular flexibility index (Phi) is 7.38. The van der Waals surface area contributed by atoms with Crippen LogP contribution in [0, 0.1) is 5.92 Å². The number of nitrogens with one attached hydrogen (secondary N) is 1. The molecule has 132 valence electrons. The van der Waals surface area contributed by atoms with Crippen molar-refractivity contribution in [1.29, 1.82) is 0 Å². The number of carbonyl (C=O) groups is 3. The van der Waals surface area contributed by atoms with Gasteiger partial charge in [-0.3, -0.25) is 24.6 Å². The summed E-state index contributed by atoms with van der Waals surface area (Å²) in [6.07, 6.45) is 0.421. The van der Waals surface area contributed by atoms with Gasteiger partial charge in [0, 0.05) is 5.69 Å². The Bertz CT molecular complexity index is 574. The van der Waals surface area contributed by atoms with E-state index in [1.807, 2.05) is 13.8 Å². The number of para-hydroxylation sites is 1. The third kappa shape index (κ3) is 5.66. The van der Waals surface area contributed by atoms with Gasteiger partial charge < -0.3 is 10.8 Å². The minimum atomic E-state index is -1.05. The summed E-state index contributed by atoms with van der Waals surface area (Å²) >= 11 is 0. The Morgan fingerprint density at radius 1 is 1.17 bits per heavy atom. The molecule has 0 fully saturated rings. The molecule has 0 unspecified atom stereocenters. The maximum Gasteiger partial charge on any atom is 0.320 e. The minimum Gasteiger partial charge on any atom is -0.480 e. The van der Waals surface area contributed by atoms with Gasteiger partial charge in [0.25, 0.3) is 0 Å². The molecule has 0 spiro atoms. The molecule has 4 N–H and O–H groups in total. The fourth-order valence-corrected chi connectivity index (χ4v) is 2.29. The van der Waals surface area contributed by atoms with Gasteiger partial charge in [-0.2, -0.15) is 0 Å². The molecule has 7 nitrogen and oxygen atoms in total. The van der Waals surface area contributed by atoms with E-state index < -0.39 is 29.9 Å². The van der Waals surface area contributed by atoms with Gasteiger partial charge >= 0.3 is 5.97 Å². The van der Waals surface area contributed by atoms with Gasteiger partial charge in [0.15, 0.2) is 0 Å². The molecule has 0 saturated heterocycles. The van der Waals surface area contributed by atoms with Gasteiger partial charge in [-0.15, -0.1) is 0 Å². The van der Waals surface area contributed by atoms with Crippen LogP contribution in [-0.2, 0) is 14.4 Å². The second-order valence-corrected chi connectivity index (χ2v) is 6.09. The highest BCUT2D eigenvalue weighted by Crippen LogP contribution is 2.21. The Hall–Kier alpha value is -2.41. The lowest BCUT2D eigenvalue weighted by molar-refractivity contribution is -0.139. The summed E-state index contributed by atoms with van der Waals surface area (Å²) in [6.45, 7) is 5.12. The predicted octanol–water partition coefficient (Wildman–Crippen LogP) is 0.982. The van der Waals surface area contributed by atoms with Crippen LogP contribution in [0.4, 0.5) is 5.69 Å². The van der Waals surface area contributed by atoms with Crippen LogP contribution >= 0.6 is 0 Å². The lowest BCUT2D eigenvalue weighted by Crippen LogP contribution is -2.52. The number of aliphatic carboxylic acids is 1. The molecule has 0 aliphatic carbocycles. The average Bonchev–Trinajstić information content (AvgIpc) is 2.52. The van der Waals surface area contributed by atoms with Gasteiger partial charge in [0.05, 0.1) is 6.54 Å². The zero-order valence-corrected chi connectivity index (χ0v) is 14.2. The quantitative estimate of drug-likeness (QED) is 0.623. The topological polar surface area (TPSA) is 113 Å². The fourth-order valence-electron chi connectivity index (χ4n) is 2.29. The summed E-state index contributed by atoms with van der Waals surface area (Å²) in [5.74, 6) is -1.89. The van der Waals surface area contributed by atoms with E-state index >= 15 is 0 Å². The lowest BCUT2D eigenvalue weighted by atomic mass is 10.0. The first kappa shape index (κ1) is 19.6. The van der Waals surface area contributed by atoms with Gasteiger partial charge in [0.1, 0.15) is 12.1 Å². The van der Waals surface area contributed by atoms with Crippen molar-refractivity contribution < 1.29 is 19.5 Å². The summed E-state index contributed by atoms with van der Waals surface area (Å²) < 4.78 is 0. The van der Waals surface area contributed by atoms with E-state index in [4.69, 9.17) is 10.8 Å². The number of nitrogens with zero attached hydrogens (tertiary/aromatic N) is 1. The van der Waals surface area contributed by atoms with Crippen molar-refractivity contribution in [3.05, 3.63) is 30.3 Å². The normalized spacial score (nSPS) is 13.3. The molecule has 0 aliphatic rings. The molecule has 2 amide bonds. The number of nitrogens with two attached hydrogens (primary N) is 1. The predicted molar refractivity (Wildman–Crippen MR) is 91.5 cm³/mol. The molecule has 0 saturated carbocycles. The molecule has 0 radical (unpaired) electrons. The number of rotatable bonds is 9. The van der Waals surface area contributed by atoms with Crippen LogP contribution < -0.4 is 16.0 Å². The number of primary amides is 1. The van der Waals surface area contributed by atoms with Crippen LogP contribution in [-0.4, -0.2) is 41.5 Å². The summed E-state index contributed by atoms with van der Waals surface area (Å²) in [7, 11) is 0. The standard InChI is InChI=1S/C17H25N3O4/c1-11(2)9-14(16(18)22)20(13-7-5-4-6-8-13)15(21)10-19-12(3)17(23)24/h4-8,11-12,14,19H,9-10H2,1-3H3,(H2,18,22)(H,23,24)/t12-,14+/m1/s1. The van der Waals surface area contributed by atoms with Crippen molar-refractivity contribution in [2.24, 2.45) is 11.7 Å². The zero-order valence-electron chi connectivity index (χ0n) is 14.2. The highest BCUT2D eigenvalue weighted by Gasteiger charge is 2.30. The summed E-state index contributed by atoms with van der Waals surface area (Å²) in [4.78, 5) is 36.8. The van der Waals surface area contributed by atoms with Crippen molar-refractivity contribution >= 4 is 23.5 Å². The molecule has 0 aliphatic heterocycles. The Morgan fingerprint density at radius 3 is 2.21 bits per heavy atom. The zero-order chi connectivity index (χ0) is 18.3. The van der Waals surface area contributed by atoms with Crippen molar-refractivity contribution in [1.82, 2.24) is 5.32 Å². The molecular formula is C17H25N3O4.